The molecule has 0 unspecified atom stereocenters. The lowest BCUT2D eigenvalue weighted by molar-refractivity contribution is 0.0690. The van der Waals surface area contributed by atoms with Crippen LogP contribution in [0.15, 0.2) is 18.7 Å². The summed E-state index contributed by atoms with van der Waals surface area (Å²) in [6.07, 6.45) is 1.29. The van der Waals surface area contributed by atoms with Gasteiger partial charge in [-0.15, -0.1) is 0 Å². The predicted molar refractivity (Wildman–Crippen MR) is 43.0 cm³/mol. The molecule has 12 heavy (non-hydrogen) atoms. The second-order valence-electron chi connectivity index (χ2n) is 2.11. The fourth-order valence-electron chi connectivity index (χ4n) is 0.737. The first kappa shape index (κ1) is 8.26. The van der Waals surface area contributed by atoms with E-state index in [1.54, 1.807) is 0 Å². The van der Waals surface area contributed by atoms with Gasteiger partial charge in [-0.2, -0.15) is 0 Å². The van der Waals surface area contributed by atoms with Gasteiger partial charge in [0.25, 0.3) is 0 Å². The van der Waals surface area contributed by atoms with Gasteiger partial charge in [-0.1, -0.05) is 6.58 Å². The van der Waals surface area contributed by atoms with E-state index in [1.165, 1.54) is 18.2 Å². The van der Waals surface area contributed by atoms with E-state index in [4.69, 9.17) is 10.2 Å². The third-order valence-electron chi connectivity index (χ3n) is 1.31. The third kappa shape index (κ3) is 1.42. The van der Waals surface area contributed by atoms with E-state index in [-0.39, 0.29) is 17.1 Å². The van der Waals surface area contributed by atoms with Crippen molar-refractivity contribution in [2.45, 2.75) is 0 Å². The van der Waals surface area contributed by atoms with Gasteiger partial charge in [0, 0.05) is 0 Å². The summed E-state index contributed by atoms with van der Waals surface area (Å²) in [6, 6.07) is 2.50. The molecule has 0 radical (unpaired) electrons. The van der Waals surface area contributed by atoms with Gasteiger partial charge in [-0.25, -0.2) is 9.78 Å². The summed E-state index contributed by atoms with van der Waals surface area (Å²) in [5, 5.41) is 17.6. The first-order valence-corrected chi connectivity index (χ1v) is 3.21. The van der Waals surface area contributed by atoms with Crippen LogP contribution in [0.1, 0.15) is 16.2 Å². The summed E-state index contributed by atoms with van der Waals surface area (Å²) in [6.45, 7) is 3.38. The van der Waals surface area contributed by atoms with Crippen LogP contribution in [0.3, 0.4) is 0 Å². The van der Waals surface area contributed by atoms with Gasteiger partial charge in [0.15, 0.2) is 0 Å². The molecule has 0 amide bonds. The molecule has 0 bridgehead atoms. The summed E-state index contributed by atoms with van der Waals surface area (Å²) >= 11 is 0. The lowest BCUT2D eigenvalue weighted by Gasteiger charge is -1.98. The molecule has 0 spiro atoms. The van der Waals surface area contributed by atoms with Crippen molar-refractivity contribution in [3.05, 3.63) is 30.1 Å². The Morgan fingerprint density at radius 1 is 1.58 bits per heavy atom. The van der Waals surface area contributed by atoms with Crippen LogP contribution in [0, 0.1) is 0 Å². The summed E-state index contributed by atoms with van der Waals surface area (Å²) in [7, 11) is 0. The largest absolute Gasteiger partial charge is 0.506 e. The highest BCUT2D eigenvalue weighted by Gasteiger charge is 2.06. The Bertz CT molecular complexity index is 333. The van der Waals surface area contributed by atoms with Gasteiger partial charge in [-0.05, 0) is 18.2 Å². The number of pyridine rings is 1. The Labute approximate surface area is 68.8 Å². The van der Waals surface area contributed by atoms with Crippen LogP contribution >= 0.6 is 0 Å². The maximum atomic E-state index is 10.4. The molecule has 0 saturated heterocycles. The van der Waals surface area contributed by atoms with Crippen LogP contribution in [-0.4, -0.2) is 21.2 Å². The van der Waals surface area contributed by atoms with Gasteiger partial charge in [0.2, 0.25) is 0 Å². The van der Waals surface area contributed by atoms with Crippen molar-refractivity contribution in [1.29, 1.82) is 0 Å². The van der Waals surface area contributed by atoms with Crippen molar-refractivity contribution < 1.29 is 15.0 Å². The summed E-state index contributed by atoms with van der Waals surface area (Å²) in [5.74, 6) is -1.20. The van der Waals surface area contributed by atoms with E-state index in [0.717, 1.165) is 0 Å². The number of hydrogen-bond acceptors (Lipinski definition) is 3. The quantitative estimate of drug-likeness (QED) is 0.689. The Morgan fingerprint density at radius 3 is 2.75 bits per heavy atom. The van der Waals surface area contributed by atoms with E-state index in [2.05, 4.69) is 11.6 Å². The zero-order chi connectivity index (χ0) is 9.14. The minimum absolute atomic E-state index is 0.0741. The maximum absolute atomic E-state index is 10.4. The number of carboxylic acid groups (broad SMARTS) is 1. The molecule has 2 N–H and O–H groups in total. The molecule has 1 aromatic rings. The van der Waals surface area contributed by atoms with Crippen LogP contribution in [0.4, 0.5) is 0 Å². The Morgan fingerprint density at radius 2 is 2.25 bits per heavy atom. The topological polar surface area (TPSA) is 70.4 Å². The average molecular weight is 165 g/mol. The standard InChI is InChI=1S/C8H7NO3/c1-2-5-7(10)4-3-6(9-5)8(11)12/h2-4,10H,1H2,(H,11,12). The molecule has 0 aliphatic heterocycles. The molecule has 1 heterocycles. The molecule has 0 aliphatic rings. The van der Waals surface area contributed by atoms with Crippen molar-refractivity contribution >= 4 is 12.0 Å². The Balaban J connectivity index is 3.22. The molecule has 0 aromatic carbocycles. The monoisotopic (exact) mass is 165 g/mol. The maximum Gasteiger partial charge on any atom is 0.354 e. The van der Waals surface area contributed by atoms with Gasteiger partial charge < -0.3 is 10.2 Å². The highest BCUT2D eigenvalue weighted by molar-refractivity contribution is 5.85. The molecule has 62 valence electrons. The molecular formula is C8H7NO3. The van der Waals surface area contributed by atoms with Crippen LogP contribution in [0.5, 0.6) is 5.75 Å². The number of aromatic carboxylic acids is 1. The lowest BCUT2D eigenvalue weighted by Crippen LogP contribution is -2.00. The van der Waals surface area contributed by atoms with Gasteiger partial charge in [0.05, 0.1) is 0 Å². The van der Waals surface area contributed by atoms with Crippen LogP contribution in [0.25, 0.3) is 6.08 Å². The van der Waals surface area contributed by atoms with E-state index < -0.39 is 5.97 Å². The normalized spacial score (nSPS) is 9.33. The molecule has 1 aromatic heterocycles. The Hall–Kier alpha value is -1.84. The predicted octanol–water partition coefficient (Wildman–Crippen LogP) is 1.13. The van der Waals surface area contributed by atoms with Gasteiger partial charge in [-0.3, -0.25) is 0 Å². The zero-order valence-electron chi connectivity index (χ0n) is 6.19. The van der Waals surface area contributed by atoms with Crippen molar-refractivity contribution in [3.63, 3.8) is 0 Å². The molecule has 0 atom stereocenters. The van der Waals surface area contributed by atoms with Gasteiger partial charge >= 0.3 is 5.97 Å². The first-order chi connectivity index (χ1) is 5.65. The highest BCUT2D eigenvalue weighted by Crippen LogP contribution is 2.15. The number of carbonyl (C=O) groups is 1. The first-order valence-electron chi connectivity index (χ1n) is 3.21. The van der Waals surface area contributed by atoms with Gasteiger partial charge in [0.1, 0.15) is 17.1 Å². The highest BCUT2D eigenvalue weighted by atomic mass is 16.4. The van der Waals surface area contributed by atoms with Crippen LogP contribution < -0.4 is 0 Å². The smallest absolute Gasteiger partial charge is 0.354 e. The molecule has 1 rings (SSSR count). The number of aromatic nitrogens is 1. The second-order valence-corrected chi connectivity index (χ2v) is 2.11. The summed E-state index contributed by atoms with van der Waals surface area (Å²) < 4.78 is 0. The molecule has 4 heteroatoms. The van der Waals surface area contributed by atoms with Crippen molar-refractivity contribution in [3.8, 4) is 5.75 Å². The number of nitrogens with zero attached hydrogens (tertiary/aromatic N) is 1. The molecular weight excluding hydrogens is 158 g/mol. The fourth-order valence-corrected chi connectivity index (χ4v) is 0.737. The molecule has 0 aliphatic carbocycles. The van der Waals surface area contributed by atoms with E-state index in [0.29, 0.717) is 0 Å². The average Bonchev–Trinajstić information content (AvgIpc) is 2.05. The summed E-state index contributed by atoms with van der Waals surface area (Å²) in [5.41, 5.74) is 0.0672. The number of aromatic hydroxyl groups is 1. The lowest BCUT2D eigenvalue weighted by atomic mass is 10.3. The van der Waals surface area contributed by atoms with E-state index in [9.17, 15) is 4.79 Å². The van der Waals surface area contributed by atoms with Crippen LogP contribution in [0.2, 0.25) is 0 Å². The van der Waals surface area contributed by atoms with Crippen LogP contribution in [-0.2, 0) is 0 Å². The SMILES string of the molecule is C=Cc1nc(C(=O)O)ccc1O. The number of carboxylic acids is 1. The van der Waals surface area contributed by atoms with E-state index in [1.807, 2.05) is 0 Å². The zero-order valence-corrected chi connectivity index (χ0v) is 6.19. The minimum Gasteiger partial charge on any atom is -0.506 e. The number of rotatable bonds is 2. The van der Waals surface area contributed by atoms with Crippen molar-refractivity contribution in [2.75, 3.05) is 0 Å². The fraction of sp³-hybridized carbons (Fsp3) is 0. The van der Waals surface area contributed by atoms with Crippen molar-refractivity contribution in [2.24, 2.45) is 0 Å². The molecule has 0 saturated carbocycles. The second kappa shape index (κ2) is 3.04. The van der Waals surface area contributed by atoms with E-state index >= 15 is 0 Å². The number of hydrogen-bond donors (Lipinski definition) is 2. The minimum atomic E-state index is -1.13. The Kier molecular flexibility index (Phi) is 2.09. The molecule has 0 fully saturated rings. The van der Waals surface area contributed by atoms with Crippen molar-refractivity contribution in [1.82, 2.24) is 4.98 Å². The third-order valence-corrected chi connectivity index (χ3v) is 1.31. The molecule has 4 nitrogen and oxygen atoms in total. The summed E-state index contributed by atoms with van der Waals surface area (Å²) in [4.78, 5) is 14.0.